The first-order chi connectivity index (χ1) is 11.0. The number of allylic oxidation sites excluding steroid dienone is 2. The Morgan fingerprint density at radius 1 is 1.17 bits per heavy atom. The maximum atomic E-state index is 13.8. The van der Waals surface area contributed by atoms with E-state index in [-0.39, 0.29) is 27.5 Å². The normalized spacial score (nSPS) is 14.0. The number of hydrogen-bond donors (Lipinski definition) is 1. The minimum absolute atomic E-state index is 0.000357. The molecule has 0 amide bonds. The van der Waals surface area contributed by atoms with Crippen molar-refractivity contribution in [3.05, 3.63) is 64.2 Å². The second-order valence-electron chi connectivity index (χ2n) is 4.60. The molecule has 0 radical (unpaired) electrons. The van der Waals surface area contributed by atoms with E-state index in [9.17, 15) is 18.4 Å². The fraction of sp³-hybridized carbons (Fsp3) is 0.0667. The topological polar surface area (TPSA) is 72.0 Å². The average molecular weight is 333 g/mol. The van der Waals surface area contributed by atoms with Gasteiger partial charge in [0, 0.05) is 12.3 Å². The number of thioether (sulfide) groups is 1. The van der Waals surface area contributed by atoms with Gasteiger partial charge in [0.25, 0.3) is 0 Å². The van der Waals surface area contributed by atoms with Crippen molar-refractivity contribution in [1.29, 1.82) is 0 Å². The van der Waals surface area contributed by atoms with Crippen LogP contribution >= 0.6 is 11.8 Å². The van der Waals surface area contributed by atoms with Crippen molar-refractivity contribution in [2.24, 2.45) is 0 Å². The van der Waals surface area contributed by atoms with E-state index in [1.807, 2.05) is 0 Å². The quantitative estimate of drug-likeness (QED) is 0.931. The lowest BCUT2D eigenvalue weighted by atomic mass is 9.98. The molecule has 0 fully saturated rings. The zero-order valence-corrected chi connectivity index (χ0v) is 12.6. The fourth-order valence-corrected chi connectivity index (χ4v) is 2.80. The molecule has 1 aromatic carbocycles. The van der Waals surface area contributed by atoms with Gasteiger partial charge in [0.15, 0.2) is 0 Å². The number of carbonyl (C=O) groups excluding carboxylic acids is 2. The van der Waals surface area contributed by atoms with Gasteiger partial charge in [0.2, 0.25) is 11.6 Å². The minimum atomic E-state index is -0.741. The predicted octanol–water partition coefficient (Wildman–Crippen LogP) is 2.82. The van der Waals surface area contributed by atoms with Crippen molar-refractivity contribution >= 4 is 29.0 Å². The first kappa shape index (κ1) is 15.3. The molecule has 1 N–H and O–H groups in total. The highest BCUT2D eigenvalue weighted by molar-refractivity contribution is 8.03. The summed E-state index contributed by atoms with van der Waals surface area (Å²) in [6.07, 6.45) is 4.01. The summed E-state index contributed by atoms with van der Waals surface area (Å²) in [6, 6.07) is 2.81. The summed E-state index contributed by atoms with van der Waals surface area (Å²) in [6.45, 7) is 0. The number of rotatable bonds is 3. The number of anilines is 1. The molecule has 8 heteroatoms. The zero-order chi connectivity index (χ0) is 16.6. The Morgan fingerprint density at radius 2 is 1.96 bits per heavy atom. The van der Waals surface area contributed by atoms with Crippen molar-refractivity contribution in [3.8, 4) is 0 Å². The monoisotopic (exact) mass is 333 g/mol. The molecule has 0 bridgehead atoms. The number of hydrogen-bond acceptors (Lipinski definition) is 6. The SMILES string of the molecule is CSC1=C(Nc2cc(F)ccc2F)C(=O)c2cncnc2C1=O. The molecule has 0 aliphatic heterocycles. The summed E-state index contributed by atoms with van der Waals surface area (Å²) < 4.78 is 27.1. The number of nitrogens with zero attached hydrogens (tertiary/aromatic N) is 2. The van der Waals surface area contributed by atoms with E-state index in [1.54, 1.807) is 6.26 Å². The van der Waals surface area contributed by atoms with Gasteiger partial charge in [0.1, 0.15) is 29.4 Å². The van der Waals surface area contributed by atoms with Crippen LogP contribution in [0.2, 0.25) is 0 Å². The van der Waals surface area contributed by atoms with Gasteiger partial charge in [-0.25, -0.2) is 18.7 Å². The van der Waals surface area contributed by atoms with Gasteiger partial charge in [-0.2, -0.15) is 0 Å². The number of nitrogens with one attached hydrogen (secondary N) is 1. The number of ketones is 2. The van der Waals surface area contributed by atoms with Crippen molar-refractivity contribution in [2.75, 3.05) is 11.6 Å². The van der Waals surface area contributed by atoms with Crippen LogP contribution in [-0.4, -0.2) is 27.8 Å². The van der Waals surface area contributed by atoms with Gasteiger partial charge in [-0.15, -0.1) is 11.8 Å². The van der Waals surface area contributed by atoms with Crippen molar-refractivity contribution < 1.29 is 18.4 Å². The molecule has 3 rings (SSSR count). The van der Waals surface area contributed by atoms with E-state index in [0.29, 0.717) is 0 Å². The van der Waals surface area contributed by atoms with Crippen LogP contribution in [0.4, 0.5) is 14.5 Å². The summed E-state index contributed by atoms with van der Waals surface area (Å²) in [7, 11) is 0. The molecule has 2 aromatic rings. The summed E-state index contributed by atoms with van der Waals surface area (Å²) in [5, 5.41) is 2.53. The standard InChI is InChI=1S/C15H9F2N3O2S/c1-23-15-12(20-10-4-7(16)2-3-9(10)17)13(21)8-5-18-6-19-11(8)14(15)22/h2-6,20H,1H3. The van der Waals surface area contributed by atoms with Gasteiger partial charge in [-0.1, -0.05) is 0 Å². The maximum absolute atomic E-state index is 13.8. The van der Waals surface area contributed by atoms with Gasteiger partial charge in [-0.05, 0) is 18.4 Å². The third-order valence-corrected chi connectivity index (χ3v) is 4.02. The Morgan fingerprint density at radius 3 is 2.70 bits per heavy atom. The number of halogens is 2. The number of benzene rings is 1. The first-order valence-electron chi connectivity index (χ1n) is 6.42. The molecule has 1 aliphatic carbocycles. The van der Waals surface area contributed by atoms with Crippen molar-refractivity contribution in [3.63, 3.8) is 0 Å². The summed E-state index contributed by atoms with van der Waals surface area (Å²) in [4.78, 5) is 32.6. The predicted molar refractivity (Wildman–Crippen MR) is 81.2 cm³/mol. The molecule has 1 heterocycles. The summed E-state index contributed by atoms with van der Waals surface area (Å²) in [5.74, 6) is -2.42. The molecule has 5 nitrogen and oxygen atoms in total. The Hall–Kier alpha value is -2.61. The molecule has 1 aromatic heterocycles. The largest absolute Gasteiger partial charge is 0.349 e. The van der Waals surface area contributed by atoms with Crippen LogP contribution in [0.1, 0.15) is 20.8 Å². The number of carbonyl (C=O) groups is 2. The number of Topliss-reactive ketones (excluding diaryl/α,β-unsaturated/α-hetero) is 2. The van der Waals surface area contributed by atoms with E-state index >= 15 is 0 Å². The molecular formula is C15H9F2N3O2S. The van der Waals surface area contributed by atoms with E-state index in [4.69, 9.17) is 0 Å². The summed E-state index contributed by atoms with van der Waals surface area (Å²) in [5.41, 5.74) is -0.323. The molecule has 0 spiro atoms. The van der Waals surface area contributed by atoms with Crippen LogP contribution in [0, 0.1) is 11.6 Å². The van der Waals surface area contributed by atoms with Crippen molar-refractivity contribution in [2.45, 2.75) is 0 Å². The Bertz CT molecular complexity index is 868. The maximum Gasteiger partial charge on any atom is 0.220 e. The van der Waals surface area contributed by atoms with Crippen LogP contribution in [-0.2, 0) is 0 Å². The zero-order valence-electron chi connectivity index (χ0n) is 11.8. The molecule has 116 valence electrons. The van der Waals surface area contributed by atoms with Gasteiger partial charge < -0.3 is 5.32 Å². The fourth-order valence-electron chi connectivity index (χ4n) is 2.17. The van der Waals surface area contributed by atoms with E-state index in [1.165, 1.54) is 12.5 Å². The number of fused-ring (bicyclic) bond motifs is 1. The lowest BCUT2D eigenvalue weighted by Gasteiger charge is -2.20. The third-order valence-electron chi connectivity index (χ3n) is 3.22. The van der Waals surface area contributed by atoms with Crippen LogP contribution in [0.25, 0.3) is 0 Å². The lowest BCUT2D eigenvalue weighted by Crippen LogP contribution is -2.26. The Balaban J connectivity index is 2.11. The van der Waals surface area contributed by atoms with Crippen LogP contribution < -0.4 is 5.32 Å². The Labute approximate surface area is 133 Å². The highest BCUT2D eigenvalue weighted by Crippen LogP contribution is 2.31. The van der Waals surface area contributed by atoms with E-state index in [0.717, 1.165) is 30.0 Å². The van der Waals surface area contributed by atoms with E-state index in [2.05, 4.69) is 15.3 Å². The molecule has 1 aliphatic rings. The van der Waals surface area contributed by atoms with Gasteiger partial charge >= 0.3 is 0 Å². The molecule has 23 heavy (non-hydrogen) atoms. The summed E-state index contributed by atoms with van der Waals surface area (Å²) >= 11 is 1.03. The number of aromatic nitrogens is 2. The molecule has 0 saturated heterocycles. The molecule has 0 unspecified atom stereocenters. The molecule has 0 atom stereocenters. The second kappa shape index (κ2) is 5.88. The third kappa shape index (κ3) is 2.61. The van der Waals surface area contributed by atoms with Gasteiger partial charge in [0.05, 0.1) is 16.2 Å². The van der Waals surface area contributed by atoms with Gasteiger partial charge in [-0.3, -0.25) is 9.59 Å². The van der Waals surface area contributed by atoms with E-state index < -0.39 is 23.2 Å². The van der Waals surface area contributed by atoms with Crippen LogP contribution in [0.15, 0.2) is 41.3 Å². The molecule has 0 saturated carbocycles. The highest BCUT2D eigenvalue weighted by atomic mass is 32.2. The smallest absolute Gasteiger partial charge is 0.220 e. The van der Waals surface area contributed by atoms with Crippen LogP contribution in [0.3, 0.4) is 0 Å². The minimum Gasteiger partial charge on any atom is -0.349 e. The molecular weight excluding hydrogens is 324 g/mol. The average Bonchev–Trinajstić information content (AvgIpc) is 2.56. The van der Waals surface area contributed by atoms with Crippen LogP contribution in [0.5, 0.6) is 0 Å². The highest BCUT2D eigenvalue weighted by Gasteiger charge is 2.33. The Kier molecular flexibility index (Phi) is 3.91. The lowest BCUT2D eigenvalue weighted by molar-refractivity contribution is 0.0978. The second-order valence-corrected chi connectivity index (χ2v) is 5.42. The van der Waals surface area contributed by atoms with Crippen molar-refractivity contribution in [1.82, 2.24) is 9.97 Å². The first-order valence-corrected chi connectivity index (χ1v) is 7.65.